The molecular formula is C16H23FN2O2. The van der Waals surface area contributed by atoms with E-state index >= 15 is 0 Å². The number of hydrogen-bond acceptors (Lipinski definition) is 3. The number of carboxylic acid groups (broad SMARTS) is 1. The molecule has 2 rings (SSSR count). The van der Waals surface area contributed by atoms with Crippen LogP contribution in [0.2, 0.25) is 0 Å². The van der Waals surface area contributed by atoms with Crippen molar-refractivity contribution in [1.82, 2.24) is 9.80 Å². The van der Waals surface area contributed by atoms with Crippen LogP contribution in [0.25, 0.3) is 0 Å². The van der Waals surface area contributed by atoms with Crippen LogP contribution in [0.3, 0.4) is 0 Å². The average Bonchev–Trinajstić information content (AvgIpc) is 2.62. The first-order valence-electron chi connectivity index (χ1n) is 7.45. The van der Waals surface area contributed by atoms with Crippen LogP contribution in [0.5, 0.6) is 0 Å². The van der Waals surface area contributed by atoms with Gasteiger partial charge in [0, 0.05) is 31.2 Å². The molecule has 0 aliphatic carbocycles. The highest BCUT2D eigenvalue weighted by molar-refractivity contribution is 5.87. The van der Waals surface area contributed by atoms with E-state index in [1.807, 2.05) is 0 Å². The normalized spacial score (nSPS) is 21.2. The first-order valence-corrected chi connectivity index (χ1v) is 7.45. The van der Waals surface area contributed by atoms with E-state index in [1.165, 1.54) is 18.2 Å². The first-order chi connectivity index (χ1) is 10.0. The zero-order valence-corrected chi connectivity index (χ0v) is 12.7. The maximum Gasteiger partial charge on any atom is 0.335 e. The molecule has 1 N–H and O–H groups in total. The molecule has 1 aliphatic rings. The van der Waals surface area contributed by atoms with Crippen LogP contribution in [-0.4, -0.2) is 53.6 Å². The third-order valence-electron chi connectivity index (χ3n) is 4.16. The molecule has 4 nitrogen and oxygen atoms in total. The molecule has 0 aromatic heterocycles. The molecule has 1 atom stereocenters. The van der Waals surface area contributed by atoms with Gasteiger partial charge in [0.15, 0.2) is 0 Å². The van der Waals surface area contributed by atoms with Crippen molar-refractivity contribution >= 4 is 5.97 Å². The van der Waals surface area contributed by atoms with Gasteiger partial charge in [-0.2, -0.15) is 0 Å². The minimum Gasteiger partial charge on any atom is -0.478 e. The monoisotopic (exact) mass is 294 g/mol. The highest BCUT2D eigenvalue weighted by Crippen LogP contribution is 2.19. The first kappa shape index (κ1) is 15.9. The lowest BCUT2D eigenvalue weighted by atomic mass is 10.1. The Labute approximate surface area is 125 Å². The molecule has 116 valence electrons. The predicted molar refractivity (Wildman–Crippen MR) is 80.0 cm³/mol. The summed E-state index contributed by atoms with van der Waals surface area (Å²) in [5.74, 6) is -1.34. The summed E-state index contributed by atoms with van der Waals surface area (Å²) in [6.07, 6.45) is 2.05. The average molecular weight is 294 g/mol. The van der Waals surface area contributed by atoms with Gasteiger partial charge in [0.1, 0.15) is 5.82 Å². The highest BCUT2D eigenvalue weighted by atomic mass is 19.1. The van der Waals surface area contributed by atoms with Gasteiger partial charge in [-0.15, -0.1) is 0 Å². The standard InChI is InChI=1S/C16H23FN2O2/c1-3-14-11-18(2)7-4-8-19(14)10-13-9-12(16(20)21)5-6-15(13)17/h5-6,9,14H,3-4,7-8,10-11H2,1-2H3,(H,20,21). The number of carboxylic acids is 1. The third kappa shape index (κ3) is 4.02. The molecule has 0 spiro atoms. The maximum atomic E-state index is 14.0. The van der Waals surface area contributed by atoms with Crippen LogP contribution in [0, 0.1) is 5.82 Å². The van der Waals surface area contributed by atoms with E-state index in [2.05, 4.69) is 23.8 Å². The number of carbonyl (C=O) groups is 1. The molecule has 0 saturated carbocycles. The number of hydrogen-bond donors (Lipinski definition) is 1. The van der Waals surface area contributed by atoms with Crippen LogP contribution < -0.4 is 0 Å². The van der Waals surface area contributed by atoms with Crippen LogP contribution in [0.4, 0.5) is 4.39 Å². The van der Waals surface area contributed by atoms with Gasteiger partial charge in [0.2, 0.25) is 0 Å². The fraction of sp³-hybridized carbons (Fsp3) is 0.562. The Hall–Kier alpha value is -1.46. The van der Waals surface area contributed by atoms with Gasteiger partial charge in [0.05, 0.1) is 5.56 Å². The Bertz CT molecular complexity index is 507. The number of aromatic carboxylic acids is 1. The van der Waals surface area contributed by atoms with Crippen molar-refractivity contribution in [2.75, 3.05) is 26.7 Å². The summed E-state index contributed by atoms with van der Waals surface area (Å²) < 4.78 is 14.0. The van der Waals surface area contributed by atoms with Gasteiger partial charge < -0.3 is 10.0 Å². The fourth-order valence-electron chi connectivity index (χ4n) is 2.94. The fourth-order valence-corrected chi connectivity index (χ4v) is 2.94. The lowest BCUT2D eigenvalue weighted by molar-refractivity contribution is 0.0696. The molecule has 1 aliphatic heterocycles. The van der Waals surface area contributed by atoms with Gasteiger partial charge in [-0.05, 0) is 44.6 Å². The molecule has 1 fully saturated rings. The quantitative estimate of drug-likeness (QED) is 0.926. The number of rotatable bonds is 4. The second-order valence-corrected chi connectivity index (χ2v) is 5.76. The van der Waals surface area contributed by atoms with Crippen molar-refractivity contribution in [3.05, 3.63) is 35.1 Å². The predicted octanol–water partition coefficient (Wildman–Crippen LogP) is 2.44. The van der Waals surface area contributed by atoms with E-state index in [-0.39, 0.29) is 11.4 Å². The minimum atomic E-state index is -1.01. The van der Waals surface area contributed by atoms with Crippen molar-refractivity contribution in [1.29, 1.82) is 0 Å². The van der Waals surface area contributed by atoms with Crippen molar-refractivity contribution in [2.45, 2.75) is 32.4 Å². The lowest BCUT2D eigenvalue weighted by Crippen LogP contribution is -2.39. The smallest absolute Gasteiger partial charge is 0.335 e. The van der Waals surface area contributed by atoms with Crippen LogP contribution >= 0.6 is 0 Å². The van der Waals surface area contributed by atoms with Crippen molar-refractivity contribution < 1.29 is 14.3 Å². The summed E-state index contributed by atoms with van der Waals surface area (Å²) in [6.45, 7) is 5.54. The molecule has 0 radical (unpaired) electrons. The Morgan fingerprint density at radius 1 is 1.43 bits per heavy atom. The molecular weight excluding hydrogens is 271 g/mol. The Morgan fingerprint density at radius 2 is 2.19 bits per heavy atom. The van der Waals surface area contributed by atoms with E-state index in [1.54, 1.807) is 0 Å². The summed E-state index contributed by atoms with van der Waals surface area (Å²) >= 11 is 0. The second-order valence-electron chi connectivity index (χ2n) is 5.76. The Kier molecular flexibility index (Phi) is 5.31. The molecule has 1 saturated heterocycles. The summed E-state index contributed by atoms with van der Waals surface area (Å²) in [6, 6.07) is 4.41. The van der Waals surface area contributed by atoms with Crippen LogP contribution in [0.1, 0.15) is 35.7 Å². The maximum absolute atomic E-state index is 14.0. The van der Waals surface area contributed by atoms with E-state index in [9.17, 15) is 9.18 Å². The number of benzene rings is 1. The molecule has 1 unspecified atom stereocenters. The summed E-state index contributed by atoms with van der Waals surface area (Å²) in [5.41, 5.74) is 0.615. The Morgan fingerprint density at radius 3 is 2.86 bits per heavy atom. The molecule has 1 heterocycles. The topological polar surface area (TPSA) is 43.8 Å². The van der Waals surface area contributed by atoms with Gasteiger partial charge >= 0.3 is 5.97 Å². The van der Waals surface area contributed by atoms with Crippen molar-refractivity contribution in [2.24, 2.45) is 0 Å². The highest BCUT2D eigenvalue weighted by Gasteiger charge is 2.23. The van der Waals surface area contributed by atoms with Gasteiger partial charge in [-0.25, -0.2) is 9.18 Å². The molecule has 21 heavy (non-hydrogen) atoms. The lowest BCUT2D eigenvalue weighted by Gasteiger charge is -2.30. The minimum absolute atomic E-state index is 0.145. The zero-order chi connectivity index (χ0) is 15.4. The Balaban J connectivity index is 2.19. The van der Waals surface area contributed by atoms with Gasteiger partial charge in [-0.1, -0.05) is 6.92 Å². The second kappa shape index (κ2) is 7.00. The van der Waals surface area contributed by atoms with Gasteiger partial charge in [0.25, 0.3) is 0 Å². The molecule has 1 aromatic rings. The number of halogens is 1. The number of nitrogens with zero attached hydrogens (tertiary/aromatic N) is 2. The van der Waals surface area contributed by atoms with Gasteiger partial charge in [-0.3, -0.25) is 4.90 Å². The third-order valence-corrected chi connectivity index (χ3v) is 4.16. The summed E-state index contributed by atoms with van der Waals surface area (Å²) in [4.78, 5) is 15.6. The summed E-state index contributed by atoms with van der Waals surface area (Å²) in [7, 11) is 2.11. The molecule has 5 heteroatoms. The van der Waals surface area contributed by atoms with Crippen LogP contribution in [-0.2, 0) is 6.54 Å². The number of likely N-dealkylation sites (N-methyl/N-ethyl adjacent to an activating group) is 1. The van der Waals surface area contributed by atoms with Crippen molar-refractivity contribution in [3.63, 3.8) is 0 Å². The van der Waals surface area contributed by atoms with E-state index < -0.39 is 5.97 Å². The van der Waals surface area contributed by atoms with E-state index in [0.29, 0.717) is 18.2 Å². The van der Waals surface area contributed by atoms with Crippen molar-refractivity contribution in [3.8, 4) is 0 Å². The molecule has 0 bridgehead atoms. The van der Waals surface area contributed by atoms with Crippen LogP contribution in [0.15, 0.2) is 18.2 Å². The molecule has 0 amide bonds. The van der Waals surface area contributed by atoms with E-state index in [0.717, 1.165) is 32.5 Å². The summed E-state index contributed by atoms with van der Waals surface area (Å²) in [5, 5.41) is 9.04. The SMILES string of the molecule is CCC1CN(C)CCCN1Cc1cc(C(=O)O)ccc1F. The largest absolute Gasteiger partial charge is 0.478 e. The zero-order valence-electron chi connectivity index (χ0n) is 12.7. The molecule has 1 aromatic carbocycles. The van der Waals surface area contributed by atoms with E-state index in [4.69, 9.17) is 5.11 Å².